The minimum atomic E-state index is 0.484. The fourth-order valence-corrected chi connectivity index (χ4v) is 2.52. The summed E-state index contributed by atoms with van der Waals surface area (Å²) in [6, 6.07) is 10.4. The molecule has 2 aromatic rings. The lowest BCUT2D eigenvalue weighted by atomic mass is 9.96. The number of nitrogens with one attached hydrogen (secondary N) is 2. The van der Waals surface area contributed by atoms with Gasteiger partial charge in [-0.25, -0.2) is 0 Å². The summed E-state index contributed by atoms with van der Waals surface area (Å²) in [7, 11) is 0. The van der Waals surface area contributed by atoms with Crippen molar-refractivity contribution >= 4 is 17.5 Å². The third kappa shape index (κ3) is 3.44. The van der Waals surface area contributed by atoms with Gasteiger partial charge in [0.15, 0.2) is 5.82 Å². The summed E-state index contributed by atoms with van der Waals surface area (Å²) < 4.78 is 0. The molecule has 1 aromatic carbocycles. The van der Waals surface area contributed by atoms with Gasteiger partial charge >= 0.3 is 0 Å². The van der Waals surface area contributed by atoms with Crippen LogP contribution in [0.1, 0.15) is 32.1 Å². The van der Waals surface area contributed by atoms with Crippen molar-refractivity contribution < 1.29 is 0 Å². The van der Waals surface area contributed by atoms with Gasteiger partial charge in [0.05, 0.1) is 6.20 Å². The van der Waals surface area contributed by atoms with Crippen molar-refractivity contribution in [2.75, 3.05) is 10.6 Å². The molecular weight excluding hydrogens is 250 g/mol. The van der Waals surface area contributed by atoms with E-state index in [1.807, 2.05) is 30.3 Å². The molecule has 0 atom stereocenters. The van der Waals surface area contributed by atoms with E-state index in [2.05, 4.69) is 25.8 Å². The van der Waals surface area contributed by atoms with Crippen LogP contribution >= 0.6 is 0 Å². The lowest BCUT2D eigenvalue weighted by molar-refractivity contribution is 0.460. The third-order valence-electron chi connectivity index (χ3n) is 3.54. The first kappa shape index (κ1) is 12.8. The van der Waals surface area contributed by atoms with Gasteiger partial charge in [0.1, 0.15) is 0 Å². The van der Waals surface area contributed by atoms with Crippen LogP contribution < -0.4 is 10.6 Å². The second-order valence-corrected chi connectivity index (χ2v) is 5.14. The Morgan fingerprint density at radius 2 is 1.80 bits per heavy atom. The number of hydrogen-bond acceptors (Lipinski definition) is 5. The molecule has 5 nitrogen and oxygen atoms in total. The Kier molecular flexibility index (Phi) is 4.06. The van der Waals surface area contributed by atoms with Crippen molar-refractivity contribution in [1.29, 1.82) is 0 Å². The van der Waals surface area contributed by atoms with Crippen molar-refractivity contribution in [2.45, 2.75) is 38.1 Å². The van der Waals surface area contributed by atoms with Gasteiger partial charge in [-0.2, -0.15) is 10.1 Å². The quantitative estimate of drug-likeness (QED) is 0.891. The Bertz CT molecular complexity index is 537. The van der Waals surface area contributed by atoms with E-state index in [-0.39, 0.29) is 0 Å². The molecule has 1 saturated carbocycles. The number of rotatable bonds is 4. The molecule has 2 N–H and O–H groups in total. The van der Waals surface area contributed by atoms with Gasteiger partial charge in [-0.15, -0.1) is 5.10 Å². The molecule has 1 heterocycles. The first-order valence-electron chi connectivity index (χ1n) is 7.18. The molecular formula is C15H19N5. The smallest absolute Gasteiger partial charge is 0.244 e. The molecule has 0 spiro atoms. The van der Waals surface area contributed by atoms with Gasteiger partial charge < -0.3 is 10.6 Å². The summed E-state index contributed by atoms with van der Waals surface area (Å²) in [4.78, 5) is 4.47. The summed E-state index contributed by atoms with van der Waals surface area (Å²) in [5.41, 5.74) is 0.997. The predicted octanol–water partition coefficient (Wildman–Crippen LogP) is 3.36. The van der Waals surface area contributed by atoms with Gasteiger partial charge in [0.2, 0.25) is 5.95 Å². The van der Waals surface area contributed by atoms with Crippen LogP contribution in [0.4, 0.5) is 17.5 Å². The van der Waals surface area contributed by atoms with E-state index in [9.17, 15) is 0 Å². The van der Waals surface area contributed by atoms with Crippen LogP contribution in [-0.2, 0) is 0 Å². The van der Waals surface area contributed by atoms with E-state index in [0.717, 1.165) is 5.69 Å². The fourth-order valence-electron chi connectivity index (χ4n) is 2.52. The summed E-state index contributed by atoms with van der Waals surface area (Å²) in [6.45, 7) is 0. The zero-order valence-corrected chi connectivity index (χ0v) is 11.4. The minimum absolute atomic E-state index is 0.484. The zero-order chi connectivity index (χ0) is 13.6. The molecule has 1 aliphatic rings. The van der Waals surface area contributed by atoms with Crippen LogP contribution in [0, 0.1) is 0 Å². The number of para-hydroxylation sites is 1. The van der Waals surface area contributed by atoms with E-state index in [1.165, 1.54) is 32.1 Å². The maximum Gasteiger partial charge on any atom is 0.244 e. The maximum absolute atomic E-state index is 4.47. The highest BCUT2D eigenvalue weighted by atomic mass is 15.3. The van der Waals surface area contributed by atoms with E-state index < -0.39 is 0 Å². The van der Waals surface area contributed by atoms with Gasteiger partial charge in [-0.1, -0.05) is 37.5 Å². The molecule has 3 rings (SSSR count). The summed E-state index contributed by atoms with van der Waals surface area (Å²) in [5, 5.41) is 14.7. The van der Waals surface area contributed by atoms with Crippen LogP contribution in [-0.4, -0.2) is 21.2 Å². The topological polar surface area (TPSA) is 62.7 Å². The summed E-state index contributed by atoms with van der Waals surface area (Å²) in [5.74, 6) is 1.32. The lowest BCUT2D eigenvalue weighted by Crippen LogP contribution is -2.23. The number of hydrogen-bond donors (Lipinski definition) is 2. The van der Waals surface area contributed by atoms with Crippen LogP contribution in [0.2, 0.25) is 0 Å². The van der Waals surface area contributed by atoms with Crippen molar-refractivity contribution in [3.8, 4) is 0 Å². The number of anilines is 3. The van der Waals surface area contributed by atoms with Crippen LogP contribution in [0.15, 0.2) is 36.5 Å². The lowest BCUT2D eigenvalue weighted by Gasteiger charge is -2.22. The highest BCUT2D eigenvalue weighted by molar-refractivity contribution is 5.55. The SMILES string of the molecule is c1ccc(Nc2cnnc(NC3CCCCC3)n2)cc1. The van der Waals surface area contributed by atoms with E-state index in [0.29, 0.717) is 17.8 Å². The molecule has 104 valence electrons. The van der Waals surface area contributed by atoms with Crippen molar-refractivity contribution in [2.24, 2.45) is 0 Å². The number of aromatic nitrogens is 3. The average Bonchev–Trinajstić information content (AvgIpc) is 2.50. The monoisotopic (exact) mass is 269 g/mol. The van der Waals surface area contributed by atoms with Crippen molar-refractivity contribution in [3.63, 3.8) is 0 Å². The Hall–Kier alpha value is -2.17. The molecule has 5 heteroatoms. The molecule has 1 aliphatic carbocycles. The molecule has 0 amide bonds. The fraction of sp³-hybridized carbons (Fsp3) is 0.400. The summed E-state index contributed by atoms with van der Waals surface area (Å²) in [6.07, 6.45) is 7.94. The standard InChI is InChI=1S/C15H19N5/c1-3-7-12(8-4-1)17-14-11-16-20-15(19-14)18-13-9-5-2-6-10-13/h1,3-4,7-8,11,13H,2,5-6,9-10H2,(H2,17,18,19,20). The Morgan fingerprint density at radius 1 is 1.00 bits per heavy atom. The van der Waals surface area contributed by atoms with Crippen LogP contribution in [0.3, 0.4) is 0 Å². The van der Waals surface area contributed by atoms with E-state index in [1.54, 1.807) is 6.20 Å². The van der Waals surface area contributed by atoms with E-state index >= 15 is 0 Å². The molecule has 20 heavy (non-hydrogen) atoms. The molecule has 1 fully saturated rings. The molecule has 0 radical (unpaired) electrons. The van der Waals surface area contributed by atoms with Crippen molar-refractivity contribution in [3.05, 3.63) is 36.5 Å². The van der Waals surface area contributed by atoms with Gasteiger partial charge in [0.25, 0.3) is 0 Å². The highest BCUT2D eigenvalue weighted by Gasteiger charge is 2.14. The normalized spacial score (nSPS) is 15.8. The first-order valence-corrected chi connectivity index (χ1v) is 7.18. The zero-order valence-electron chi connectivity index (χ0n) is 11.4. The average molecular weight is 269 g/mol. The van der Waals surface area contributed by atoms with Crippen LogP contribution in [0.25, 0.3) is 0 Å². The number of nitrogens with zero attached hydrogens (tertiary/aromatic N) is 3. The summed E-state index contributed by atoms with van der Waals surface area (Å²) >= 11 is 0. The highest BCUT2D eigenvalue weighted by Crippen LogP contribution is 2.20. The van der Waals surface area contributed by atoms with Gasteiger partial charge in [-0.3, -0.25) is 0 Å². The molecule has 0 aliphatic heterocycles. The predicted molar refractivity (Wildman–Crippen MR) is 80.0 cm³/mol. The molecule has 0 unspecified atom stereocenters. The largest absolute Gasteiger partial charge is 0.350 e. The number of benzene rings is 1. The van der Waals surface area contributed by atoms with E-state index in [4.69, 9.17) is 0 Å². The van der Waals surface area contributed by atoms with Crippen molar-refractivity contribution in [1.82, 2.24) is 15.2 Å². The third-order valence-corrected chi connectivity index (χ3v) is 3.54. The Balaban J connectivity index is 1.66. The second kappa shape index (κ2) is 6.32. The Labute approximate surface area is 118 Å². The molecule has 0 saturated heterocycles. The molecule has 0 bridgehead atoms. The van der Waals surface area contributed by atoms with Gasteiger partial charge in [0, 0.05) is 11.7 Å². The van der Waals surface area contributed by atoms with Crippen LogP contribution in [0.5, 0.6) is 0 Å². The molecule has 1 aromatic heterocycles. The first-order chi connectivity index (χ1) is 9.90. The minimum Gasteiger partial charge on any atom is -0.350 e. The van der Waals surface area contributed by atoms with Gasteiger partial charge in [-0.05, 0) is 25.0 Å². The Morgan fingerprint density at radius 3 is 2.60 bits per heavy atom. The second-order valence-electron chi connectivity index (χ2n) is 5.14. The maximum atomic E-state index is 4.47.